The molecule has 4 aromatic carbocycles. The second-order valence-electron chi connectivity index (χ2n) is 9.66. The van der Waals surface area contributed by atoms with Crippen molar-refractivity contribution in [3.8, 4) is 23.1 Å². The van der Waals surface area contributed by atoms with E-state index in [4.69, 9.17) is 30.5 Å². The molecule has 0 bridgehead atoms. The molecule has 0 aliphatic rings. The molecule has 0 radical (unpaired) electrons. The maximum Gasteiger partial charge on any atom is 0.335 e. The highest BCUT2D eigenvalue weighted by molar-refractivity contribution is 9.10. The van der Waals surface area contributed by atoms with Crippen LogP contribution in [0.2, 0.25) is 5.02 Å². The molecule has 1 N–H and O–H groups in total. The van der Waals surface area contributed by atoms with Gasteiger partial charge in [0.15, 0.2) is 17.3 Å². The third kappa shape index (κ3) is 5.95. The summed E-state index contributed by atoms with van der Waals surface area (Å²) in [6, 6.07) is 24.1. The number of carboxylic acid groups (broad SMARTS) is 1. The van der Waals surface area contributed by atoms with Crippen molar-refractivity contribution in [1.82, 2.24) is 9.66 Å². The molecule has 0 saturated carbocycles. The van der Waals surface area contributed by atoms with Crippen LogP contribution in [0.5, 0.6) is 11.5 Å². The third-order valence-electron chi connectivity index (χ3n) is 6.66. The van der Waals surface area contributed by atoms with Gasteiger partial charge in [-0.15, -0.1) is 0 Å². The van der Waals surface area contributed by atoms with E-state index >= 15 is 0 Å². The van der Waals surface area contributed by atoms with Crippen molar-refractivity contribution < 1.29 is 23.8 Å². The maximum atomic E-state index is 13.6. The predicted molar refractivity (Wildman–Crippen MR) is 172 cm³/mol. The molecule has 2 aromatic heterocycles. The van der Waals surface area contributed by atoms with Gasteiger partial charge < -0.3 is 19.0 Å². The number of aromatic nitrogens is 2. The second kappa shape index (κ2) is 12.4. The number of fused-ring (bicyclic) bond motifs is 2. The van der Waals surface area contributed by atoms with Gasteiger partial charge in [-0.25, -0.2) is 9.78 Å². The van der Waals surface area contributed by atoms with E-state index in [2.05, 4.69) is 21.0 Å². The van der Waals surface area contributed by atoms with Crippen LogP contribution < -0.4 is 15.0 Å². The molecule has 0 spiro atoms. The lowest BCUT2D eigenvalue weighted by Crippen LogP contribution is -2.20. The Hall–Kier alpha value is -4.93. The van der Waals surface area contributed by atoms with Crippen LogP contribution in [0.25, 0.3) is 33.5 Å². The zero-order valence-corrected chi connectivity index (χ0v) is 25.5. The molecule has 11 heteroatoms. The van der Waals surface area contributed by atoms with E-state index in [9.17, 15) is 14.7 Å². The number of nitrogens with zero attached hydrogens (tertiary/aromatic N) is 3. The van der Waals surface area contributed by atoms with Gasteiger partial charge in [-0.2, -0.15) is 9.78 Å². The van der Waals surface area contributed by atoms with Gasteiger partial charge in [0.1, 0.15) is 12.2 Å². The number of carbonyl (C=O) groups is 1. The number of furan rings is 1. The van der Waals surface area contributed by atoms with Crippen molar-refractivity contribution in [1.29, 1.82) is 0 Å². The highest BCUT2D eigenvalue weighted by Gasteiger charge is 2.18. The Morgan fingerprint density at radius 1 is 1.07 bits per heavy atom. The number of hydrogen-bond acceptors (Lipinski definition) is 7. The molecule has 0 fully saturated rings. The number of halogens is 2. The molecule has 0 unspecified atom stereocenters. The van der Waals surface area contributed by atoms with Gasteiger partial charge >= 0.3 is 5.97 Å². The number of benzene rings is 4. The van der Waals surface area contributed by atoms with Crippen molar-refractivity contribution >= 4 is 61.6 Å². The van der Waals surface area contributed by atoms with Gasteiger partial charge in [-0.1, -0.05) is 35.9 Å². The molecule has 44 heavy (non-hydrogen) atoms. The Morgan fingerprint density at radius 3 is 2.73 bits per heavy atom. The molecule has 0 aliphatic heterocycles. The van der Waals surface area contributed by atoms with Crippen LogP contribution in [0.3, 0.4) is 0 Å². The summed E-state index contributed by atoms with van der Waals surface area (Å²) < 4.78 is 19.7. The molecule has 2 heterocycles. The van der Waals surface area contributed by atoms with Crippen LogP contribution >= 0.6 is 27.5 Å². The molecule has 0 amide bonds. The van der Waals surface area contributed by atoms with Crippen molar-refractivity contribution in [2.75, 3.05) is 6.61 Å². The Labute approximate surface area is 264 Å². The van der Waals surface area contributed by atoms with E-state index in [1.807, 2.05) is 13.0 Å². The van der Waals surface area contributed by atoms with Crippen LogP contribution in [-0.4, -0.2) is 33.6 Å². The molecule has 6 rings (SSSR count). The smallest absolute Gasteiger partial charge is 0.335 e. The normalized spacial score (nSPS) is 11.4. The average Bonchev–Trinajstić information content (AvgIpc) is 3.43. The first-order chi connectivity index (χ1) is 21.3. The zero-order chi connectivity index (χ0) is 30.8. The topological polar surface area (TPSA) is 116 Å². The number of ether oxygens (including phenoxy) is 2. The zero-order valence-electron chi connectivity index (χ0n) is 23.2. The largest absolute Gasteiger partial charge is 0.490 e. The SMILES string of the molecule is CCOc1cc(C=Nn2c(-c3cc4cc(Cl)ccc4o3)nc3ccccc3c2=O)cc(Br)c1OCc1cccc(C(=O)O)c1. The minimum Gasteiger partial charge on any atom is -0.490 e. The van der Waals surface area contributed by atoms with Crippen LogP contribution in [0.15, 0.2) is 104 Å². The highest BCUT2D eigenvalue weighted by Crippen LogP contribution is 2.37. The lowest BCUT2D eigenvalue weighted by Gasteiger charge is -2.15. The minimum atomic E-state index is -1.01. The first-order valence-corrected chi connectivity index (χ1v) is 14.6. The maximum absolute atomic E-state index is 13.6. The summed E-state index contributed by atoms with van der Waals surface area (Å²) in [7, 11) is 0. The number of para-hydroxylation sites is 1. The van der Waals surface area contributed by atoms with Gasteiger partial charge in [-0.3, -0.25) is 4.79 Å². The third-order valence-corrected chi connectivity index (χ3v) is 7.49. The van der Waals surface area contributed by atoms with Crippen molar-refractivity contribution in [2.45, 2.75) is 13.5 Å². The molecule has 0 aliphatic carbocycles. The Morgan fingerprint density at radius 2 is 1.91 bits per heavy atom. The van der Waals surface area contributed by atoms with E-state index in [-0.39, 0.29) is 23.6 Å². The number of rotatable bonds is 9. The summed E-state index contributed by atoms with van der Waals surface area (Å²) in [6.45, 7) is 2.34. The lowest BCUT2D eigenvalue weighted by molar-refractivity contribution is 0.0696. The van der Waals surface area contributed by atoms with E-state index in [1.54, 1.807) is 72.8 Å². The van der Waals surface area contributed by atoms with Gasteiger partial charge in [0.25, 0.3) is 5.56 Å². The van der Waals surface area contributed by atoms with Crippen molar-refractivity contribution in [3.63, 3.8) is 0 Å². The average molecular weight is 673 g/mol. The summed E-state index contributed by atoms with van der Waals surface area (Å²) in [6.07, 6.45) is 1.52. The van der Waals surface area contributed by atoms with Crippen molar-refractivity contribution in [3.05, 3.63) is 121 Å². The fourth-order valence-electron chi connectivity index (χ4n) is 4.65. The van der Waals surface area contributed by atoms with Gasteiger partial charge in [0, 0.05) is 10.4 Å². The number of carboxylic acids is 1. The van der Waals surface area contributed by atoms with Crippen LogP contribution in [-0.2, 0) is 6.61 Å². The summed E-state index contributed by atoms with van der Waals surface area (Å²) in [5.41, 5.74) is 2.21. The fourth-order valence-corrected chi connectivity index (χ4v) is 5.41. The first kappa shape index (κ1) is 29.2. The van der Waals surface area contributed by atoms with Crippen LogP contribution in [0.4, 0.5) is 0 Å². The highest BCUT2D eigenvalue weighted by atomic mass is 79.9. The van der Waals surface area contributed by atoms with Crippen molar-refractivity contribution in [2.24, 2.45) is 5.10 Å². The van der Waals surface area contributed by atoms with Gasteiger partial charge in [0.05, 0.1) is 33.8 Å². The quantitative estimate of drug-likeness (QED) is 0.156. The summed E-state index contributed by atoms with van der Waals surface area (Å²) in [5, 5.41) is 15.6. The summed E-state index contributed by atoms with van der Waals surface area (Å²) >= 11 is 9.73. The van der Waals surface area contributed by atoms with E-state index in [0.29, 0.717) is 61.0 Å². The van der Waals surface area contributed by atoms with E-state index in [1.165, 1.54) is 17.0 Å². The van der Waals surface area contributed by atoms with Crippen LogP contribution in [0.1, 0.15) is 28.4 Å². The molecular formula is C33H23BrClN3O6. The Kier molecular flexibility index (Phi) is 8.19. The Bertz CT molecular complexity index is 2140. The Balaban J connectivity index is 1.38. The second-order valence-corrected chi connectivity index (χ2v) is 11.0. The minimum absolute atomic E-state index is 0.122. The van der Waals surface area contributed by atoms with Gasteiger partial charge in [0.2, 0.25) is 5.82 Å². The monoisotopic (exact) mass is 671 g/mol. The van der Waals surface area contributed by atoms with E-state index < -0.39 is 5.97 Å². The molecular weight excluding hydrogens is 650 g/mol. The molecule has 0 saturated heterocycles. The number of aromatic carboxylic acids is 1. The summed E-state index contributed by atoms with van der Waals surface area (Å²) in [4.78, 5) is 29.7. The fraction of sp³-hybridized carbons (Fsp3) is 0.0909. The molecule has 6 aromatic rings. The van der Waals surface area contributed by atoms with E-state index in [0.717, 1.165) is 5.39 Å². The lowest BCUT2D eigenvalue weighted by atomic mass is 10.1. The standard InChI is InChI=1S/C33H23BrClN3O6/c1-2-42-28-14-20(13-25(34)30(28)43-18-19-6-5-7-21(12-19)33(40)41)17-36-38-31(37-26-9-4-3-8-24(26)32(38)39)29-16-22-15-23(35)10-11-27(22)44-29/h3-17H,2,18H2,1H3,(H,40,41). The molecule has 0 atom stereocenters. The molecule has 9 nitrogen and oxygen atoms in total. The first-order valence-electron chi connectivity index (χ1n) is 13.5. The molecule has 220 valence electrons. The summed E-state index contributed by atoms with van der Waals surface area (Å²) in [5.74, 6) is 0.450. The van der Waals surface area contributed by atoms with Gasteiger partial charge in [-0.05, 0) is 94.6 Å². The van der Waals surface area contributed by atoms with Crippen LogP contribution in [0, 0.1) is 0 Å². The number of hydrogen-bond donors (Lipinski definition) is 1. The predicted octanol–water partition coefficient (Wildman–Crippen LogP) is 7.78.